The van der Waals surface area contributed by atoms with Crippen molar-refractivity contribution in [1.82, 2.24) is 0 Å². The van der Waals surface area contributed by atoms with E-state index in [1.807, 2.05) is 17.0 Å². The van der Waals surface area contributed by atoms with Crippen LogP contribution in [0, 0.1) is 0 Å². The fraction of sp³-hybridized carbons (Fsp3) is 0.286. The topological polar surface area (TPSA) is 66.8 Å². The number of hydrogen-bond donors (Lipinski definition) is 1. The van der Waals surface area contributed by atoms with Crippen LogP contribution in [0.15, 0.2) is 35.9 Å². The Balaban J connectivity index is 2.25. The molecule has 1 aromatic rings. The number of methoxy groups -OCH3 is 1. The van der Waals surface area contributed by atoms with Gasteiger partial charge in [0.1, 0.15) is 0 Å². The van der Waals surface area contributed by atoms with Gasteiger partial charge in [-0.3, -0.25) is 0 Å². The van der Waals surface area contributed by atoms with E-state index < -0.39 is 5.97 Å². The van der Waals surface area contributed by atoms with E-state index in [-0.39, 0.29) is 5.97 Å². The molecule has 1 aliphatic heterocycles. The van der Waals surface area contributed by atoms with Crippen molar-refractivity contribution in [3.63, 3.8) is 0 Å². The zero-order chi connectivity index (χ0) is 13.8. The van der Waals surface area contributed by atoms with Crippen molar-refractivity contribution in [1.29, 1.82) is 0 Å². The molecule has 0 amide bonds. The third-order valence-corrected chi connectivity index (χ3v) is 3.13. The van der Waals surface area contributed by atoms with Crippen molar-refractivity contribution in [3.8, 4) is 0 Å². The van der Waals surface area contributed by atoms with E-state index in [0.29, 0.717) is 30.6 Å². The van der Waals surface area contributed by atoms with Crippen LogP contribution in [-0.4, -0.2) is 37.2 Å². The first-order valence-corrected chi connectivity index (χ1v) is 5.98. The van der Waals surface area contributed by atoms with E-state index in [1.165, 1.54) is 7.11 Å². The van der Waals surface area contributed by atoms with Gasteiger partial charge in [-0.1, -0.05) is 18.2 Å². The maximum atomic E-state index is 11.7. The lowest BCUT2D eigenvalue weighted by molar-refractivity contribution is -0.132. The SMILES string of the molecule is COC(=O)c1ccccc1N1CC=C(C(=O)O)CC1. The Hall–Kier alpha value is -2.30. The van der Waals surface area contributed by atoms with E-state index in [2.05, 4.69) is 0 Å². The lowest BCUT2D eigenvalue weighted by Crippen LogP contribution is -2.31. The molecule has 0 aliphatic carbocycles. The first-order chi connectivity index (χ1) is 9.13. The number of hydrogen-bond acceptors (Lipinski definition) is 4. The van der Waals surface area contributed by atoms with Gasteiger partial charge in [-0.05, 0) is 18.6 Å². The van der Waals surface area contributed by atoms with E-state index in [9.17, 15) is 9.59 Å². The fourth-order valence-electron chi connectivity index (χ4n) is 2.11. The zero-order valence-corrected chi connectivity index (χ0v) is 10.6. The summed E-state index contributed by atoms with van der Waals surface area (Å²) in [6, 6.07) is 7.17. The van der Waals surface area contributed by atoms with E-state index >= 15 is 0 Å². The molecule has 0 fully saturated rings. The Kier molecular flexibility index (Phi) is 3.85. The Morgan fingerprint density at radius 3 is 2.63 bits per heavy atom. The van der Waals surface area contributed by atoms with Crippen molar-refractivity contribution < 1.29 is 19.4 Å². The molecule has 0 saturated carbocycles. The molecular weight excluding hydrogens is 246 g/mol. The molecular formula is C14H15NO4. The maximum absolute atomic E-state index is 11.7. The molecule has 0 bridgehead atoms. The monoisotopic (exact) mass is 261 g/mol. The van der Waals surface area contributed by atoms with Gasteiger partial charge in [0.2, 0.25) is 0 Å². The van der Waals surface area contributed by atoms with Crippen molar-refractivity contribution in [2.45, 2.75) is 6.42 Å². The predicted octanol–water partition coefficient (Wildman–Crippen LogP) is 1.69. The smallest absolute Gasteiger partial charge is 0.339 e. The van der Waals surface area contributed by atoms with Crippen LogP contribution in [-0.2, 0) is 9.53 Å². The van der Waals surface area contributed by atoms with E-state index in [4.69, 9.17) is 9.84 Å². The van der Waals surface area contributed by atoms with Crippen molar-refractivity contribution in [3.05, 3.63) is 41.5 Å². The average Bonchev–Trinajstić information content (AvgIpc) is 2.46. The zero-order valence-electron chi connectivity index (χ0n) is 10.6. The number of carbonyl (C=O) groups excluding carboxylic acids is 1. The summed E-state index contributed by atoms with van der Waals surface area (Å²) in [7, 11) is 1.34. The molecule has 1 heterocycles. The van der Waals surface area contributed by atoms with Gasteiger partial charge in [0.05, 0.1) is 18.4 Å². The minimum atomic E-state index is -0.874. The Morgan fingerprint density at radius 1 is 1.32 bits per heavy atom. The first-order valence-electron chi connectivity index (χ1n) is 5.98. The molecule has 0 unspecified atom stereocenters. The van der Waals surface area contributed by atoms with Gasteiger partial charge < -0.3 is 14.7 Å². The van der Waals surface area contributed by atoms with Crippen LogP contribution in [0.5, 0.6) is 0 Å². The number of esters is 1. The number of carboxylic acid groups (broad SMARTS) is 1. The lowest BCUT2D eigenvalue weighted by atomic mass is 10.1. The molecule has 1 N–H and O–H groups in total. The molecule has 0 radical (unpaired) electrons. The molecule has 19 heavy (non-hydrogen) atoms. The van der Waals surface area contributed by atoms with Crippen LogP contribution in [0.4, 0.5) is 5.69 Å². The van der Waals surface area contributed by atoms with Gasteiger partial charge in [0, 0.05) is 18.7 Å². The summed E-state index contributed by atoms with van der Waals surface area (Å²) in [5.41, 5.74) is 1.69. The highest BCUT2D eigenvalue weighted by Gasteiger charge is 2.20. The molecule has 100 valence electrons. The van der Waals surface area contributed by atoms with Crippen LogP contribution in [0.3, 0.4) is 0 Å². The summed E-state index contributed by atoms with van der Waals surface area (Å²) in [4.78, 5) is 24.5. The Bertz CT molecular complexity index is 536. The van der Waals surface area contributed by atoms with E-state index in [0.717, 1.165) is 5.69 Å². The van der Waals surface area contributed by atoms with E-state index in [1.54, 1.807) is 18.2 Å². The molecule has 0 saturated heterocycles. The summed E-state index contributed by atoms with van der Waals surface area (Å²) in [6.07, 6.45) is 2.14. The largest absolute Gasteiger partial charge is 0.478 e. The highest BCUT2D eigenvalue weighted by atomic mass is 16.5. The summed E-state index contributed by atoms with van der Waals surface area (Å²) in [6.45, 7) is 1.06. The number of aliphatic carboxylic acids is 1. The summed E-state index contributed by atoms with van der Waals surface area (Å²) in [5, 5.41) is 8.92. The number of benzene rings is 1. The first kappa shape index (κ1) is 13.1. The molecule has 5 heteroatoms. The quantitative estimate of drug-likeness (QED) is 0.839. The molecule has 5 nitrogen and oxygen atoms in total. The van der Waals surface area contributed by atoms with Gasteiger partial charge in [0.15, 0.2) is 0 Å². The lowest BCUT2D eigenvalue weighted by Gasteiger charge is -2.28. The number of anilines is 1. The Labute approximate surface area is 111 Å². The van der Waals surface area contributed by atoms with Crippen LogP contribution < -0.4 is 4.90 Å². The number of nitrogens with zero attached hydrogens (tertiary/aromatic N) is 1. The molecule has 2 rings (SSSR count). The maximum Gasteiger partial charge on any atom is 0.339 e. The van der Waals surface area contributed by atoms with Crippen LogP contribution >= 0.6 is 0 Å². The van der Waals surface area contributed by atoms with Crippen molar-refractivity contribution in [2.75, 3.05) is 25.1 Å². The molecule has 1 aliphatic rings. The molecule has 0 atom stereocenters. The summed E-state index contributed by atoms with van der Waals surface area (Å²) in [5.74, 6) is -1.26. The second-order valence-electron chi connectivity index (χ2n) is 4.24. The number of carbonyl (C=O) groups is 2. The second kappa shape index (κ2) is 5.56. The summed E-state index contributed by atoms with van der Waals surface area (Å²) >= 11 is 0. The van der Waals surface area contributed by atoms with Crippen molar-refractivity contribution >= 4 is 17.6 Å². The van der Waals surface area contributed by atoms with Crippen LogP contribution in [0.2, 0.25) is 0 Å². The highest BCUT2D eigenvalue weighted by molar-refractivity contribution is 5.96. The van der Waals surface area contributed by atoms with Gasteiger partial charge in [-0.25, -0.2) is 9.59 Å². The molecule has 1 aromatic carbocycles. The van der Waals surface area contributed by atoms with Gasteiger partial charge >= 0.3 is 11.9 Å². The fourth-order valence-corrected chi connectivity index (χ4v) is 2.11. The third kappa shape index (κ3) is 2.76. The molecule has 0 aromatic heterocycles. The normalized spacial score (nSPS) is 14.8. The summed E-state index contributed by atoms with van der Waals surface area (Å²) < 4.78 is 4.75. The number of rotatable bonds is 3. The van der Waals surface area contributed by atoms with Gasteiger partial charge in [-0.15, -0.1) is 0 Å². The highest BCUT2D eigenvalue weighted by Crippen LogP contribution is 2.24. The van der Waals surface area contributed by atoms with Gasteiger partial charge in [0.25, 0.3) is 0 Å². The predicted molar refractivity (Wildman–Crippen MR) is 70.3 cm³/mol. The number of para-hydroxylation sites is 1. The van der Waals surface area contributed by atoms with Gasteiger partial charge in [-0.2, -0.15) is 0 Å². The standard InChI is InChI=1S/C14H15NO4/c1-19-14(18)11-4-2-3-5-12(11)15-8-6-10(7-9-15)13(16)17/h2-6H,7-9H2,1H3,(H,16,17). The second-order valence-corrected chi connectivity index (χ2v) is 4.24. The number of ether oxygens (including phenoxy) is 1. The number of carboxylic acids is 1. The average molecular weight is 261 g/mol. The van der Waals surface area contributed by atoms with Crippen LogP contribution in [0.1, 0.15) is 16.8 Å². The molecule has 0 spiro atoms. The third-order valence-electron chi connectivity index (χ3n) is 3.13. The van der Waals surface area contributed by atoms with Crippen molar-refractivity contribution in [2.24, 2.45) is 0 Å². The minimum absolute atomic E-state index is 0.386. The van der Waals surface area contributed by atoms with Crippen LogP contribution in [0.25, 0.3) is 0 Å². The Morgan fingerprint density at radius 2 is 2.05 bits per heavy atom. The minimum Gasteiger partial charge on any atom is -0.478 e.